The molecule has 2 N–H and O–H groups in total. The zero-order valence-corrected chi connectivity index (χ0v) is 12.7. The van der Waals surface area contributed by atoms with Crippen LogP contribution in [-0.2, 0) is 6.42 Å². The first-order valence-electron chi connectivity index (χ1n) is 6.62. The molecule has 2 aromatic rings. The van der Waals surface area contributed by atoms with E-state index in [0.717, 1.165) is 17.8 Å². The number of hydrogen-bond acceptors (Lipinski definition) is 4. The minimum absolute atomic E-state index is 0.139. The van der Waals surface area contributed by atoms with E-state index in [1.807, 2.05) is 0 Å². The van der Waals surface area contributed by atoms with Crippen molar-refractivity contribution < 1.29 is 14.7 Å². The van der Waals surface area contributed by atoms with E-state index in [-0.39, 0.29) is 11.5 Å². The number of carbonyl (C=O) groups is 2. The number of nitrogens with zero attached hydrogens (tertiary/aromatic N) is 1. The number of thiazole rings is 1. The Morgan fingerprint density at radius 1 is 1.38 bits per heavy atom. The molecule has 0 bridgehead atoms. The number of nitrogens with one attached hydrogen (secondary N) is 1. The Hall–Kier alpha value is -2.21. The Morgan fingerprint density at radius 3 is 2.81 bits per heavy atom. The predicted molar refractivity (Wildman–Crippen MR) is 82.2 cm³/mol. The van der Waals surface area contributed by atoms with Crippen LogP contribution in [-0.4, -0.2) is 22.0 Å². The van der Waals surface area contributed by atoms with Gasteiger partial charge in [0.15, 0.2) is 0 Å². The van der Waals surface area contributed by atoms with Gasteiger partial charge in [-0.1, -0.05) is 13.0 Å². The van der Waals surface area contributed by atoms with Gasteiger partial charge in [-0.25, -0.2) is 9.78 Å². The molecule has 0 saturated carbocycles. The first-order valence-corrected chi connectivity index (χ1v) is 7.44. The molecule has 1 heterocycles. The van der Waals surface area contributed by atoms with Crippen molar-refractivity contribution in [1.29, 1.82) is 0 Å². The summed E-state index contributed by atoms with van der Waals surface area (Å²) in [5, 5.41) is 12.6. The van der Waals surface area contributed by atoms with Gasteiger partial charge in [0.2, 0.25) is 0 Å². The third kappa shape index (κ3) is 3.66. The highest BCUT2D eigenvalue weighted by molar-refractivity contribution is 7.13. The molecule has 0 atom stereocenters. The zero-order chi connectivity index (χ0) is 15.4. The fourth-order valence-electron chi connectivity index (χ4n) is 1.90. The third-order valence-corrected chi connectivity index (χ3v) is 4.09. The maximum atomic E-state index is 12.2. The maximum absolute atomic E-state index is 12.2. The number of hydrogen-bond donors (Lipinski definition) is 2. The van der Waals surface area contributed by atoms with Gasteiger partial charge in [0.25, 0.3) is 5.91 Å². The highest BCUT2D eigenvalue weighted by atomic mass is 32.1. The number of benzene rings is 1. The Morgan fingerprint density at radius 2 is 2.14 bits per heavy atom. The van der Waals surface area contributed by atoms with Crippen LogP contribution in [0.5, 0.6) is 0 Å². The number of carboxylic acids is 1. The highest BCUT2D eigenvalue weighted by Gasteiger charge is 2.15. The summed E-state index contributed by atoms with van der Waals surface area (Å²) < 4.78 is 0. The number of carbonyl (C=O) groups excluding carboxylic acids is 1. The molecule has 5 nitrogen and oxygen atoms in total. The van der Waals surface area contributed by atoms with E-state index in [2.05, 4.69) is 17.2 Å². The lowest BCUT2D eigenvalue weighted by Crippen LogP contribution is -2.12. The van der Waals surface area contributed by atoms with Crippen LogP contribution in [0.1, 0.15) is 44.1 Å². The Balaban J connectivity index is 2.18. The average Bonchev–Trinajstić information content (AvgIpc) is 2.80. The Kier molecular flexibility index (Phi) is 4.70. The van der Waals surface area contributed by atoms with E-state index >= 15 is 0 Å². The third-order valence-electron chi connectivity index (χ3n) is 2.88. The first kappa shape index (κ1) is 15.2. The van der Waals surface area contributed by atoms with Crippen molar-refractivity contribution in [2.24, 2.45) is 0 Å². The van der Waals surface area contributed by atoms with Crippen molar-refractivity contribution >= 4 is 28.9 Å². The fraction of sp³-hybridized carbons (Fsp3) is 0.267. The summed E-state index contributed by atoms with van der Waals surface area (Å²) in [6, 6.07) is 6.17. The molecule has 0 saturated heterocycles. The second-order valence-corrected chi connectivity index (χ2v) is 5.70. The fourth-order valence-corrected chi connectivity index (χ4v) is 2.96. The molecule has 2 rings (SSSR count). The van der Waals surface area contributed by atoms with Crippen LogP contribution in [0.4, 0.5) is 5.69 Å². The topological polar surface area (TPSA) is 79.3 Å². The van der Waals surface area contributed by atoms with Gasteiger partial charge < -0.3 is 10.4 Å². The van der Waals surface area contributed by atoms with Gasteiger partial charge >= 0.3 is 5.97 Å². The number of carboxylic acid groups (broad SMARTS) is 1. The predicted octanol–water partition coefficient (Wildman–Crippen LogP) is 3.35. The van der Waals surface area contributed by atoms with Crippen LogP contribution in [0.15, 0.2) is 24.3 Å². The van der Waals surface area contributed by atoms with Crippen molar-refractivity contribution in [3.63, 3.8) is 0 Å². The molecule has 1 aromatic carbocycles. The SMILES string of the molecule is CCCc1nc(C)c(C(=O)Nc2cccc(C(=O)O)c2)s1. The summed E-state index contributed by atoms with van der Waals surface area (Å²) in [6.07, 6.45) is 1.84. The molecule has 21 heavy (non-hydrogen) atoms. The van der Waals surface area contributed by atoms with Gasteiger partial charge in [-0.2, -0.15) is 0 Å². The van der Waals surface area contributed by atoms with Gasteiger partial charge in [-0.15, -0.1) is 11.3 Å². The average molecular weight is 304 g/mol. The number of aryl methyl sites for hydroxylation is 2. The minimum Gasteiger partial charge on any atom is -0.478 e. The van der Waals surface area contributed by atoms with Crippen LogP contribution in [0.3, 0.4) is 0 Å². The van der Waals surface area contributed by atoms with Gasteiger partial charge in [0.1, 0.15) is 4.88 Å². The smallest absolute Gasteiger partial charge is 0.335 e. The number of amides is 1. The molecule has 6 heteroatoms. The summed E-state index contributed by atoms with van der Waals surface area (Å²) in [6.45, 7) is 3.87. The summed E-state index contributed by atoms with van der Waals surface area (Å²) in [5.74, 6) is -1.28. The van der Waals surface area contributed by atoms with Crippen molar-refractivity contribution in [2.75, 3.05) is 5.32 Å². The maximum Gasteiger partial charge on any atom is 0.335 e. The van der Waals surface area contributed by atoms with E-state index in [1.54, 1.807) is 19.1 Å². The van der Waals surface area contributed by atoms with Crippen LogP contribution in [0.25, 0.3) is 0 Å². The highest BCUT2D eigenvalue weighted by Crippen LogP contribution is 2.21. The standard InChI is InChI=1S/C15H16N2O3S/c1-3-5-12-16-9(2)13(21-12)14(18)17-11-7-4-6-10(8-11)15(19)20/h4,6-8H,3,5H2,1-2H3,(H,17,18)(H,19,20). The molecule has 110 valence electrons. The number of anilines is 1. The number of rotatable bonds is 5. The molecule has 0 spiro atoms. The van der Waals surface area contributed by atoms with E-state index in [9.17, 15) is 9.59 Å². The van der Waals surface area contributed by atoms with Crippen LogP contribution >= 0.6 is 11.3 Å². The molecule has 0 aliphatic heterocycles. The largest absolute Gasteiger partial charge is 0.478 e. The zero-order valence-electron chi connectivity index (χ0n) is 11.8. The van der Waals surface area contributed by atoms with Crippen molar-refractivity contribution in [2.45, 2.75) is 26.7 Å². The summed E-state index contributed by atoms with van der Waals surface area (Å²) in [7, 11) is 0. The molecule has 1 aromatic heterocycles. The van der Waals surface area contributed by atoms with E-state index in [4.69, 9.17) is 5.11 Å². The number of aromatic nitrogens is 1. The molecule has 1 amide bonds. The van der Waals surface area contributed by atoms with Crippen LogP contribution in [0, 0.1) is 6.92 Å². The lowest BCUT2D eigenvalue weighted by atomic mass is 10.2. The molecule has 0 radical (unpaired) electrons. The van der Waals surface area contributed by atoms with Gasteiger partial charge in [0.05, 0.1) is 16.3 Å². The first-order chi connectivity index (χ1) is 10.0. The molecule has 0 fully saturated rings. The summed E-state index contributed by atoms with van der Waals surface area (Å²) >= 11 is 1.38. The normalized spacial score (nSPS) is 10.4. The number of aromatic carboxylic acids is 1. The molecular weight excluding hydrogens is 288 g/mol. The van der Waals surface area contributed by atoms with Gasteiger partial charge in [0, 0.05) is 5.69 Å². The molecule has 0 aliphatic rings. The minimum atomic E-state index is -1.02. The van der Waals surface area contributed by atoms with Crippen molar-refractivity contribution in [1.82, 2.24) is 4.98 Å². The van der Waals surface area contributed by atoms with Crippen LogP contribution in [0.2, 0.25) is 0 Å². The van der Waals surface area contributed by atoms with Crippen LogP contribution < -0.4 is 5.32 Å². The van der Waals surface area contributed by atoms with Gasteiger partial charge in [-0.3, -0.25) is 4.79 Å². The van der Waals surface area contributed by atoms with Crippen molar-refractivity contribution in [3.05, 3.63) is 45.4 Å². The van der Waals surface area contributed by atoms with Crippen molar-refractivity contribution in [3.8, 4) is 0 Å². The molecule has 0 unspecified atom stereocenters. The van der Waals surface area contributed by atoms with E-state index in [1.165, 1.54) is 23.5 Å². The molecule has 0 aliphatic carbocycles. The second kappa shape index (κ2) is 6.49. The Labute approximate surface area is 126 Å². The molecular formula is C15H16N2O3S. The van der Waals surface area contributed by atoms with Gasteiger partial charge in [-0.05, 0) is 38.0 Å². The lowest BCUT2D eigenvalue weighted by Gasteiger charge is -2.04. The summed E-state index contributed by atoms with van der Waals surface area (Å²) in [4.78, 5) is 28.1. The Bertz CT molecular complexity index is 679. The second-order valence-electron chi connectivity index (χ2n) is 4.61. The quantitative estimate of drug-likeness (QED) is 0.887. The van der Waals surface area contributed by atoms with E-state index in [0.29, 0.717) is 16.3 Å². The monoisotopic (exact) mass is 304 g/mol. The lowest BCUT2D eigenvalue weighted by molar-refractivity contribution is 0.0696. The van der Waals surface area contributed by atoms with E-state index < -0.39 is 5.97 Å². The summed E-state index contributed by atoms with van der Waals surface area (Å²) in [5.41, 5.74) is 1.31.